The van der Waals surface area contributed by atoms with E-state index in [1.807, 2.05) is 51.2 Å². The molecule has 4 rings (SSSR count). The van der Waals surface area contributed by atoms with Crippen molar-refractivity contribution in [1.82, 2.24) is 14.8 Å². The Kier molecular flexibility index (Phi) is 3.89. The highest BCUT2D eigenvalue weighted by molar-refractivity contribution is 6.33. The minimum atomic E-state index is -0.411. The molecule has 26 heavy (non-hydrogen) atoms. The molecule has 4 aromatic rings. The fourth-order valence-corrected chi connectivity index (χ4v) is 3.44. The monoisotopic (exact) mass is 365 g/mol. The zero-order valence-corrected chi connectivity index (χ0v) is 15.3. The lowest BCUT2D eigenvalue weighted by Crippen LogP contribution is -2.05. The molecular formula is C20H16ClN3O2. The number of benzene rings is 2. The van der Waals surface area contributed by atoms with Crippen molar-refractivity contribution in [2.24, 2.45) is 7.05 Å². The van der Waals surface area contributed by atoms with E-state index in [1.54, 1.807) is 16.9 Å². The van der Waals surface area contributed by atoms with Gasteiger partial charge in [0.25, 0.3) is 0 Å². The van der Waals surface area contributed by atoms with Gasteiger partial charge in [0.05, 0.1) is 28.4 Å². The van der Waals surface area contributed by atoms with Crippen LogP contribution in [0.25, 0.3) is 33.6 Å². The highest BCUT2D eigenvalue weighted by Crippen LogP contribution is 2.35. The first kappa shape index (κ1) is 16.5. The normalized spacial score (nSPS) is 11.2. The first-order chi connectivity index (χ1) is 12.5. The van der Waals surface area contributed by atoms with E-state index in [1.165, 1.54) is 0 Å². The molecule has 0 saturated carbocycles. The van der Waals surface area contributed by atoms with Crippen LogP contribution in [0, 0.1) is 13.8 Å². The number of fused-ring (bicyclic) bond motifs is 1. The number of rotatable bonds is 2. The van der Waals surface area contributed by atoms with E-state index in [4.69, 9.17) is 16.0 Å². The van der Waals surface area contributed by atoms with Gasteiger partial charge < -0.3 is 4.42 Å². The van der Waals surface area contributed by atoms with Gasteiger partial charge in [0.15, 0.2) is 0 Å². The zero-order chi connectivity index (χ0) is 18.4. The predicted molar refractivity (Wildman–Crippen MR) is 102 cm³/mol. The number of nitrogens with zero attached hydrogens (tertiary/aromatic N) is 3. The molecule has 6 heteroatoms. The topological polar surface area (TPSA) is 60.9 Å². The highest BCUT2D eigenvalue weighted by Gasteiger charge is 2.20. The van der Waals surface area contributed by atoms with E-state index >= 15 is 0 Å². The summed E-state index contributed by atoms with van der Waals surface area (Å²) < 4.78 is 7.24. The molecule has 2 aromatic heterocycles. The summed E-state index contributed by atoms with van der Waals surface area (Å²) in [5, 5.41) is 5.38. The predicted octanol–water partition coefficient (Wildman–Crippen LogP) is 4.53. The van der Waals surface area contributed by atoms with Gasteiger partial charge in [0, 0.05) is 17.6 Å². The van der Waals surface area contributed by atoms with Crippen LogP contribution < -0.4 is 5.63 Å². The van der Waals surface area contributed by atoms with Crippen LogP contribution in [-0.4, -0.2) is 14.8 Å². The van der Waals surface area contributed by atoms with Gasteiger partial charge >= 0.3 is 5.63 Å². The van der Waals surface area contributed by atoms with Gasteiger partial charge in [0.1, 0.15) is 0 Å². The Labute approximate surface area is 154 Å². The summed E-state index contributed by atoms with van der Waals surface area (Å²) in [7, 11) is 1.82. The van der Waals surface area contributed by atoms with E-state index in [2.05, 4.69) is 10.1 Å². The second-order valence-electron chi connectivity index (χ2n) is 6.29. The molecule has 0 unspecified atom stereocenters. The summed E-state index contributed by atoms with van der Waals surface area (Å²) in [5.41, 5.74) is 4.32. The molecule has 0 atom stereocenters. The van der Waals surface area contributed by atoms with Crippen LogP contribution in [-0.2, 0) is 7.05 Å². The van der Waals surface area contributed by atoms with E-state index in [-0.39, 0.29) is 5.89 Å². The third kappa shape index (κ3) is 2.61. The van der Waals surface area contributed by atoms with Crippen molar-refractivity contribution in [1.29, 1.82) is 0 Å². The van der Waals surface area contributed by atoms with Crippen LogP contribution in [0.4, 0.5) is 0 Å². The molecule has 0 saturated heterocycles. The minimum absolute atomic E-state index is 0.234. The third-order valence-corrected chi connectivity index (χ3v) is 4.70. The molecule has 2 aromatic carbocycles. The second-order valence-corrected chi connectivity index (χ2v) is 6.70. The molecule has 0 aliphatic carbocycles. The van der Waals surface area contributed by atoms with Crippen LogP contribution >= 0.6 is 11.6 Å². The summed E-state index contributed by atoms with van der Waals surface area (Å²) in [6.45, 7) is 3.88. The molecule has 0 N–H and O–H groups in total. The standard InChI is InChI=1S/C20H16ClN3O2/c1-11-8-12(2)17-14(9-11)20(25)26-19(23-17)15-10-22-24(3)18(15)13-6-4-5-7-16(13)21/h4-10H,1-3H3. The first-order valence-electron chi connectivity index (χ1n) is 8.15. The Balaban J connectivity index is 2.01. The number of hydrogen-bond donors (Lipinski definition) is 0. The van der Waals surface area contributed by atoms with Crippen molar-refractivity contribution < 1.29 is 4.42 Å². The first-order valence-corrected chi connectivity index (χ1v) is 8.53. The minimum Gasteiger partial charge on any atom is -0.403 e. The van der Waals surface area contributed by atoms with Crippen molar-refractivity contribution in [3.63, 3.8) is 0 Å². The lowest BCUT2D eigenvalue weighted by atomic mass is 10.1. The average Bonchev–Trinajstić information content (AvgIpc) is 2.97. The summed E-state index contributed by atoms with van der Waals surface area (Å²) >= 11 is 6.36. The molecular weight excluding hydrogens is 350 g/mol. The van der Waals surface area contributed by atoms with Crippen molar-refractivity contribution in [3.05, 3.63) is 69.2 Å². The van der Waals surface area contributed by atoms with Gasteiger partial charge in [-0.2, -0.15) is 5.10 Å². The van der Waals surface area contributed by atoms with Crippen LogP contribution in [0.3, 0.4) is 0 Å². The van der Waals surface area contributed by atoms with Crippen LogP contribution in [0.5, 0.6) is 0 Å². The van der Waals surface area contributed by atoms with E-state index < -0.39 is 5.63 Å². The number of aryl methyl sites for hydroxylation is 3. The largest absolute Gasteiger partial charge is 0.403 e. The van der Waals surface area contributed by atoms with Crippen LogP contribution in [0.2, 0.25) is 5.02 Å². The Bertz CT molecular complexity index is 1210. The molecule has 0 amide bonds. The number of halogens is 1. The van der Waals surface area contributed by atoms with Gasteiger partial charge in [-0.3, -0.25) is 4.68 Å². The van der Waals surface area contributed by atoms with Crippen LogP contribution in [0.15, 0.2) is 51.8 Å². The van der Waals surface area contributed by atoms with Crippen LogP contribution in [0.1, 0.15) is 11.1 Å². The smallest absolute Gasteiger partial charge is 0.347 e. The summed E-state index contributed by atoms with van der Waals surface area (Å²) in [5.74, 6) is 0.234. The molecule has 2 heterocycles. The maximum atomic E-state index is 12.5. The molecule has 0 aliphatic heterocycles. The maximum absolute atomic E-state index is 12.5. The lowest BCUT2D eigenvalue weighted by molar-refractivity contribution is 0.518. The molecule has 0 radical (unpaired) electrons. The number of aromatic nitrogens is 3. The number of hydrogen-bond acceptors (Lipinski definition) is 4. The third-order valence-electron chi connectivity index (χ3n) is 4.37. The molecule has 0 fully saturated rings. The van der Waals surface area contributed by atoms with Gasteiger partial charge in [-0.05, 0) is 37.1 Å². The summed E-state index contributed by atoms with van der Waals surface area (Å²) in [6.07, 6.45) is 1.64. The van der Waals surface area contributed by atoms with Gasteiger partial charge in [-0.25, -0.2) is 9.78 Å². The van der Waals surface area contributed by atoms with Gasteiger partial charge in [0.2, 0.25) is 5.89 Å². The fraction of sp³-hybridized carbons (Fsp3) is 0.150. The SMILES string of the molecule is Cc1cc(C)c2nc(-c3cnn(C)c3-c3ccccc3Cl)oc(=O)c2c1. The quantitative estimate of drug-likeness (QED) is 0.523. The maximum Gasteiger partial charge on any atom is 0.347 e. The summed E-state index contributed by atoms with van der Waals surface area (Å²) in [4.78, 5) is 17.2. The van der Waals surface area contributed by atoms with Crippen molar-refractivity contribution in [2.75, 3.05) is 0 Å². The van der Waals surface area contributed by atoms with Crippen molar-refractivity contribution in [3.8, 4) is 22.7 Å². The molecule has 0 bridgehead atoms. The molecule has 0 spiro atoms. The molecule has 130 valence electrons. The van der Waals surface area contributed by atoms with Gasteiger partial charge in [-0.15, -0.1) is 0 Å². The molecule has 5 nitrogen and oxygen atoms in total. The van der Waals surface area contributed by atoms with E-state index in [9.17, 15) is 4.79 Å². The van der Waals surface area contributed by atoms with Gasteiger partial charge in [-0.1, -0.05) is 35.9 Å². The van der Waals surface area contributed by atoms with Crippen molar-refractivity contribution in [2.45, 2.75) is 13.8 Å². The average molecular weight is 366 g/mol. The fourth-order valence-electron chi connectivity index (χ4n) is 3.21. The second kappa shape index (κ2) is 6.11. The highest BCUT2D eigenvalue weighted by atomic mass is 35.5. The Morgan fingerprint density at radius 1 is 1.12 bits per heavy atom. The lowest BCUT2D eigenvalue weighted by Gasteiger charge is -2.08. The van der Waals surface area contributed by atoms with Crippen molar-refractivity contribution >= 4 is 22.5 Å². The Morgan fingerprint density at radius 2 is 1.88 bits per heavy atom. The molecule has 0 aliphatic rings. The zero-order valence-electron chi connectivity index (χ0n) is 14.6. The Morgan fingerprint density at radius 3 is 2.65 bits per heavy atom. The van der Waals surface area contributed by atoms with E-state index in [0.29, 0.717) is 21.5 Å². The summed E-state index contributed by atoms with van der Waals surface area (Å²) in [6, 6.07) is 11.3. The Hall–Kier alpha value is -2.92. The van der Waals surface area contributed by atoms with E-state index in [0.717, 1.165) is 22.4 Å².